The van der Waals surface area contributed by atoms with Crippen LogP contribution in [0, 0.1) is 11.3 Å². The highest BCUT2D eigenvalue weighted by Gasteiger charge is 2.35. The summed E-state index contributed by atoms with van der Waals surface area (Å²) in [7, 11) is 0. The zero-order valence-electron chi connectivity index (χ0n) is 21.4. The minimum absolute atomic E-state index is 0.102. The lowest BCUT2D eigenvalue weighted by Gasteiger charge is -2.43. The van der Waals surface area contributed by atoms with Gasteiger partial charge in [0.05, 0.1) is 31.3 Å². The molecule has 1 amide bonds. The van der Waals surface area contributed by atoms with Crippen molar-refractivity contribution in [2.75, 3.05) is 31.1 Å². The fraction of sp³-hybridized carbons (Fsp3) is 0.538. The first-order chi connectivity index (χ1) is 17.6. The van der Waals surface area contributed by atoms with Crippen molar-refractivity contribution < 1.29 is 19.4 Å². The van der Waals surface area contributed by atoms with Gasteiger partial charge < -0.3 is 24.4 Å². The molecule has 0 spiro atoms. The van der Waals surface area contributed by atoms with E-state index in [4.69, 9.17) is 21.1 Å². The molecule has 0 aliphatic carbocycles. The van der Waals surface area contributed by atoms with Crippen molar-refractivity contribution in [2.45, 2.75) is 64.8 Å². The van der Waals surface area contributed by atoms with Crippen LogP contribution in [0.15, 0.2) is 30.3 Å². The van der Waals surface area contributed by atoms with Gasteiger partial charge in [-0.2, -0.15) is 5.26 Å². The van der Waals surface area contributed by atoms with Gasteiger partial charge in [0, 0.05) is 37.8 Å². The molecule has 2 aliphatic rings. The molecule has 1 fully saturated rings. The van der Waals surface area contributed by atoms with E-state index in [1.54, 1.807) is 4.90 Å². The average molecular weight is 529 g/mol. The maximum Gasteiger partial charge on any atom is 0.410 e. The molecule has 1 aromatic carbocycles. The zero-order chi connectivity index (χ0) is 26.6. The molecular weight excluding hydrogens is 496 g/mol. The second-order valence-corrected chi connectivity index (χ2v) is 10.6. The molecule has 198 valence electrons. The summed E-state index contributed by atoms with van der Waals surface area (Å²) in [5.74, 6) is 0.709. The second kappa shape index (κ2) is 11.6. The Kier molecular flexibility index (Phi) is 8.49. The molecule has 1 saturated heterocycles. The molecule has 37 heavy (non-hydrogen) atoms. The molecule has 4 rings (SSSR count). The van der Waals surface area contributed by atoms with Crippen molar-refractivity contribution in [3.63, 3.8) is 0 Å². The Morgan fingerprint density at radius 1 is 1.24 bits per heavy atom. The summed E-state index contributed by atoms with van der Waals surface area (Å²) in [4.78, 5) is 27.0. The van der Waals surface area contributed by atoms with Gasteiger partial charge in [0.1, 0.15) is 11.4 Å². The number of nitrogens with zero attached hydrogens (tertiary/aromatic N) is 6. The Balaban J connectivity index is 1.47. The van der Waals surface area contributed by atoms with Crippen molar-refractivity contribution >= 4 is 23.5 Å². The summed E-state index contributed by atoms with van der Waals surface area (Å²) in [5, 5.41) is 20.3. The van der Waals surface area contributed by atoms with Crippen molar-refractivity contribution in [3.05, 3.63) is 52.4 Å². The first kappa shape index (κ1) is 27.1. The van der Waals surface area contributed by atoms with Crippen LogP contribution in [0.1, 0.15) is 44.0 Å². The number of anilines is 1. The van der Waals surface area contributed by atoms with E-state index < -0.39 is 12.0 Å². The maximum absolute atomic E-state index is 12.6. The summed E-state index contributed by atoms with van der Waals surface area (Å²) in [6, 6.07) is 11.6. The Bertz CT molecular complexity index is 1140. The third-order valence-electron chi connectivity index (χ3n) is 6.35. The molecule has 2 aliphatic heterocycles. The van der Waals surface area contributed by atoms with Crippen LogP contribution in [0.5, 0.6) is 0 Å². The van der Waals surface area contributed by atoms with Crippen molar-refractivity contribution in [1.29, 1.82) is 5.26 Å². The Hall–Kier alpha value is -2.97. The fourth-order valence-corrected chi connectivity index (χ4v) is 4.79. The van der Waals surface area contributed by atoms with Crippen LogP contribution >= 0.6 is 11.6 Å². The van der Waals surface area contributed by atoms with E-state index in [9.17, 15) is 15.2 Å². The lowest BCUT2D eigenvalue weighted by molar-refractivity contribution is -0.213. The number of rotatable bonds is 6. The minimum Gasteiger partial charge on any atom is -0.444 e. The number of aliphatic hydroxyl groups excluding tert-OH is 1. The summed E-state index contributed by atoms with van der Waals surface area (Å²) >= 11 is 6.30. The van der Waals surface area contributed by atoms with Crippen molar-refractivity contribution in [1.82, 2.24) is 19.8 Å². The van der Waals surface area contributed by atoms with Crippen LogP contribution in [0.4, 0.5) is 10.6 Å². The Morgan fingerprint density at radius 2 is 2.00 bits per heavy atom. The predicted molar refractivity (Wildman–Crippen MR) is 138 cm³/mol. The Morgan fingerprint density at radius 3 is 2.70 bits per heavy atom. The van der Waals surface area contributed by atoms with Crippen LogP contribution in [0.3, 0.4) is 0 Å². The van der Waals surface area contributed by atoms with Gasteiger partial charge in [0.15, 0.2) is 0 Å². The maximum atomic E-state index is 12.6. The molecular formula is C26H33ClN6O4. The lowest BCUT2D eigenvalue weighted by Crippen LogP contribution is -2.57. The first-order valence-electron chi connectivity index (χ1n) is 12.4. The molecule has 1 N–H and O–H groups in total. The van der Waals surface area contributed by atoms with Gasteiger partial charge in [-0.15, -0.1) is 0 Å². The quantitative estimate of drug-likeness (QED) is 0.445. The lowest BCUT2D eigenvalue weighted by atomic mass is 10.0. The standard InChI is InChI=1S/C26H33ClN6O4/c1-26(2,3)37-24(34)32-12-10-20-21(16-32)29-23(27)30-22(20)31-13-14-33(19(15-31)9-11-28)25(35)36-17-18-7-5-4-6-8-18/h4-8,19,25,35H,9-10,12-17H2,1-3H3. The number of hydrogen-bond acceptors (Lipinski definition) is 9. The molecule has 11 heteroatoms. The van der Waals surface area contributed by atoms with Gasteiger partial charge in [-0.1, -0.05) is 30.3 Å². The molecule has 2 atom stereocenters. The van der Waals surface area contributed by atoms with Crippen LogP contribution in [0.25, 0.3) is 0 Å². The van der Waals surface area contributed by atoms with E-state index in [1.807, 2.05) is 56.0 Å². The van der Waals surface area contributed by atoms with Gasteiger partial charge in [-0.05, 0) is 44.4 Å². The van der Waals surface area contributed by atoms with Gasteiger partial charge in [0.2, 0.25) is 11.7 Å². The highest BCUT2D eigenvalue weighted by molar-refractivity contribution is 6.28. The third kappa shape index (κ3) is 6.87. The number of carbonyl (C=O) groups excluding carboxylic acids is 1. The summed E-state index contributed by atoms with van der Waals surface area (Å²) in [6.07, 6.45) is -0.740. The number of hydrogen-bond donors (Lipinski definition) is 1. The molecule has 2 unspecified atom stereocenters. The number of benzene rings is 1. The van der Waals surface area contributed by atoms with Crippen LogP contribution in [-0.2, 0) is 29.0 Å². The predicted octanol–water partition coefficient (Wildman–Crippen LogP) is 3.32. The SMILES string of the molecule is CC(C)(C)OC(=O)N1CCc2c(nc(Cl)nc2N2CCN(C(O)OCc3ccccc3)C(CC#N)C2)C1. The molecule has 2 aromatic rings. The van der Waals surface area contributed by atoms with Gasteiger partial charge in [0.25, 0.3) is 0 Å². The molecule has 0 saturated carbocycles. The number of ether oxygens (including phenoxy) is 2. The number of aromatic nitrogens is 2. The van der Waals surface area contributed by atoms with Gasteiger partial charge in [-0.3, -0.25) is 0 Å². The average Bonchev–Trinajstić information content (AvgIpc) is 2.86. The summed E-state index contributed by atoms with van der Waals surface area (Å²) in [5.41, 5.74) is 2.00. The van der Waals surface area contributed by atoms with Crippen molar-refractivity contribution in [3.8, 4) is 6.07 Å². The minimum atomic E-state index is -1.13. The summed E-state index contributed by atoms with van der Waals surface area (Å²) in [6.45, 7) is 8.04. The summed E-state index contributed by atoms with van der Waals surface area (Å²) < 4.78 is 11.2. The van der Waals surface area contributed by atoms with E-state index in [0.29, 0.717) is 44.1 Å². The number of halogens is 1. The number of aliphatic hydroxyl groups is 1. The van der Waals surface area contributed by atoms with Crippen LogP contribution in [-0.4, -0.2) is 75.2 Å². The van der Waals surface area contributed by atoms with Gasteiger partial charge in [-0.25, -0.2) is 19.7 Å². The van der Waals surface area contributed by atoms with E-state index in [1.165, 1.54) is 0 Å². The molecule has 0 bridgehead atoms. The number of carbonyl (C=O) groups is 1. The smallest absolute Gasteiger partial charge is 0.410 e. The number of nitriles is 1. The highest BCUT2D eigenvalue weighted by atomic mass is 35.5. The second-order valence-electron chi connectivity index (χ2n) is 10.2. The highest BCUT2D eigenvalue weighted by Crippen LogP contribution is 2.31. The Labute approximate surface area is 222 Å². The number of amides is 1. The molecule has 3 heterocycles. The monoisotopic (exact) mass is 528 g/mol. The molecule has 10 nitrogen and oxygen atoms in total. The number of piperazine rings is 1. The molecule has 0 radical (unpaired) electrons. The van der Waals surface area contributed by atoms with Crippen LogP contribution < -0.4 is 4.90 Å². The topological polar surface area (TPSA) is 115 Å². The van der Waals surface area contributed by atoms with Crippen LogP contribution in [0.2, 0.25) is 5.28 Å². The van der Waals surface area contributed by atoms with Gasteiger partial charge >= 0.3 is 6.09 Å². The first-order valence-corrected chi connectivity index (χ1v) is 12.8. The van der Waals surface area contributed by atoms with E-state index in [-0.39, 0.29) is 37.0 Å². The van der Waals surface area contributed by atoms with E-state index >= 15 is 0 Å². The number of fused-ring (bicyclic) bond motifs is 1. The molecule has 1 aromatic heterocycles. The third-order valence-corrected chi connectivity index (χ3v) is 6.52. The largest absolute Gasteiger partial charge is 0.444 e. The zero-order valence-corrected chi connectivity index (χ0v) is 22.2. The van der Waals surface area contributed by atoms with Crippen molar-refractivity contribution in [2.24, 2.45) is 0 Å². The normalized spacial score (nSPS) is 19.2. The van der Waals surface area contributed by atoms with E-state index in [0.717, 1.165) is 11.1 Å². The van der Waals surface area contributed by atoms with E-state index in [2.05, 4.69) is 20.9 Å². The fourth-order valence-electron chi connectivity index (χ4n) is 4.61.